The molecule has 3 rings (SSSR count). The number of hydrogen-bond donors (Lipinski definition) is 2. The van der Waals surface area contributed by atoms with Crippen molar-refractivity contribution in [3.8, 4) is 5.75 Å². The van der Waals surface area contributed by atoms with E-state index in [9.17, 15) is 19.5 Å². The number of amides is 2. The summed E-state index contributed by atoms with van der Waals surface area (Å²) in [5, 5.41) is 13.3. The molecule has 2 amide bonds. The first-order valence-electron chi connectivity index (χ1n) is 8.17. The number of anilines is 2. The second-order valence-corrected chi connectivity index (χ2v) is 6.50. The topological polar surface area (TPSA) is 95.9 Å². The van der Waals surface area contributed by atoms with Gasteiger partial charge >= 0.3 is 5.97 Å². The van der Waals surface area contributed by atoms with Crippen molar-refractivity contribution < 1.29 is 24.2 Å². The molecule has 0 spiro atoms. The summed E-state index contributed by atoms with van der Waals surface area (Å²) in [6.45, 7) is 0.197. The maximum absolute atomic E-state index is 12.6. The van der Waals surface area contributed by atoms with E-state index < -0.39 is 17.8 Å². The standard InChI is InChI=1S/C19H17ClN2O5/c1-27-19(26)14-6-3-7-15(17(14)24)21-18(25)11-8-16(23)22(10-11)13-5-2-4-12(20)9-13/h2-7,9,11,24H,8,10H2,1H3,(H,21,25). The zero-order valence-corrected chi connectivity index (χ0v) is 15.2. The van der Waals surface area contributed by atoms with Crippen LogP contribution < -0.4 is 10.2 Å². The van der Waals surface area contributed by atoms with Gasteiger partial charge in [-0.25, -0.2) is 4.79 Å². The molecule has 1 unspecified atom stereocenters. The van der Waals surface area contributed by atoms with Crippen LogP contribution in [0.4, 0.5) is 11.4 Å². The molecule has 0 radical (unpaired) electrons. The van der Waals surface area contributed by atoms with Crippen LogP contribution in [0.5, 0.6) is 5.75 Å². The van der Waals surface area contributed by atoms with Gasteiger partial charge in [0.15, 0.2) is 5.75 Å². The number of benzene rings is 2. The van der Waals surface area contributed by atoms with Crippen LogP contribution in [0, 0.1) is 5.92 Å². The van der Waals surface area contributed by atoms with E-state index in [-0.39, 0.29) is 35.9 Å². The van der Waals surface area contributed by atoms with Crippen molar-refractivity contribution in [3.63, 3.8) is 0 Å². The van der Waals surface area contributed by atoms with Gasteiger partial charge in [-0.3, -0.25) is 9.59 Å². The molecule has 2 aromatic carbocycles. The van der Waals surface area contributed by atoms with Crippen LogP contribution in [0.25, 0.3) is 0 Å². The largest absolute Gasteiger partial charge is 0.505 e. The first kappa shape index (κ1) is 18.7. The lowest BCUT2D eigenvalue weighted by molar-refractivity contribution is -0.122. The lowest BCUT2D eigenvalue weighted by Crippen LogP contribution is -2.28. The number of phenolic OH excluding ortho intramolecular Hbond substituents is 1. The highest BCUT2D eigenvalue weighted by molar-refractivity contribution is 6.31. The summed E-state index contributed by atoms with van der Waals surface area (Å²) in [6.07, 6.45) is 0.0375. The molecule has 2 aromatic rings. The average Bonchev–Trinajstić information content (AvgIpc) is 3.04. The summed E-state index contributed by atoms with van der Waals surface area (Å²) in [4.78, 5) is 38.0. The van der Waals surface area contributed by atoms with E-state index in [1.165, 1.54) is 30.2 Å². The molecule has 1 atom stereocenters. The minimum absolute atomic E-state index is 0.0375. The molecule has 0 aliphatic carbocycles. The van der Waals surface area contributed by atoms with Crippen molar-refractivity contribution in [3.05, 3.63) is 53.1 Å². The normalized spacial score (nSPS) is 16.3. The molecule has 0 bridgehead atoms. The second kappa shape index (κ2) is 7.67. The Kier molecular flexibility index (Phi) is 5.32. The number of hydrogen-bond acceptors (Lipinski definition) is 5. The molecule has 1 aliphatic rings. The molecule has 1 fully saturated rings. The summed E-state index contributed by atoms with van der Waals surface area (Å²) >= 11 is 5.96. The monoisotopic (exact) mass is 388 g/mol. The number of esters is 1. The average molecular weight is 389 g/mol. The Morgan fingerprint density at radius 1 is 1.26 bits per heavy atom. The van der Waals surface area contributed by atoms with E-state index in [4.69, 9.17) is 11.6 Å². The minimum atomic E-state index is -0.716. The van der Waals surface area contributed by atoms with Crippen LogP contribution in [0.15, 0.2) is 42.5 Å². The molecule has 27 heavy (non-hydrogen) atoms. The number of methoxy groups -OCH3 is 1. The third-order valence-electron chi connectivity index (χ3n) is 4.31. The van der Waals surface area contributed by atoms with Crippen LogP contribution in [-0.2, 0) is 14.3 Å². The lowest BCUT2D eigenvalue weighted by atomic mass is 10.1. The molecule has 1 saturated heterocycles. The lowest BCUT2D eigenvalue weighted by Gasteiger charge is -2.17. The fraction of sp³-hybridized carbons (Fsp3) is 0.211. The van der Waals surface area contributed by atoms with E-state index in [0.717, 1.165) is 0 Å². The SMILES string of the molecule is COC(=O)c1cccc(NC(=O)C2CC(=O)N(c3cccc(Cl)c3)C2)c1O. The summed E-state index contributed by atoms with van der Waals surface area (Å²) in [7, 11) is 1.20. The van der Waals surface area contributed by atoms with E-state index in [0.29, 0.717) is 10.7 Å². The first-order chi connectivity index (χ1) is 12.9. The minimum Gasteiger partial charge on any atom is -0.505 e. The summed E-state index contributed by atoms with van der Waals surface area (Å²) in [5.74, 6) is -2.31. The zero-order chi connectivity index (χ0) is 19.6. The van der Waals surface area contributed by atoms with Gasteiger partial charge in [0.05, 0.1) is 18.7 Å². The van der Waals surface area contributed by atoms with Gasteiger partial charge in [0.1, 0.15) is 5.56 Å². The van der Waals surface area contributed by atoms with E-state index in [1.54, 1.807) is 24.3 Å². The highest BCUT2D eigenvalue weighted by Gasteiger charge is 2.35. The predicted molar refractivity (Wildman–Crippen MR) is 100.0 cm³/mol. The Labute approximate surface area is 160 Å². The maximum Gasteiger partial charge on any atom is 0.341 e. The molecular formula is C19H17ClN2O5. The van der Waals surface area contributed by atoms with Crippen LogP contribution >= 0.6 is 11.6 Å². The van der Waals surface area contributed by atoms with Crippen LogP contribution in [0.2, 0.25) is 5.02 Å². The van der Waals surface area contributed by atoms with Crippen molar-refractivity contribution in [2.45, 2.75) is 6.42 Å². The summed E-state index contributed by atoms with van der Waals surface area (Å²) in [5.41, 5.74) is 0.647. The first-order valence-corrected chi connectivity index (χ1v) is 8.55. The van der Waals surface area contributed by atoms with Crippen molar-refractivity contribution in [2.75, 3.05) is 23.9 Å². The fourth-order valence-corrected chi connectivity index (χ4v) is 3.12. The molecule has 7 nitrogen and oxygen atoms in total. The Balaban J connectivity index is 1.74. The molecule has 1 aliphatic heterocycles. The highest BCUT2D eigenvalue weighted by Crippen LogP contribution is 2.31. The van der Waals surface area contributed by atoms with Crippen LogP contribution in [-0.4, -0.2) is 36.5 Å². The van der Waals surface area contributed by atoms with Gasteiger partial charge in [-0.15, -0.1) is 0 Å². The highest BCUT2D eigenvalue weighted by atomic mass is 35.5. The number of ether oxygens (including phenoxy) is 1. The molecule has 2 N–H and O–H groups in total. The molecule has 1 heterocycles. The van der Waals surface area contributed by atoms with Gasteiger partial charge in [-0.05, 0) is 30.3 Å². The number of aromatic hydroxyl groups is 1. The third-order valence-corrected chi connectivity index (χ3v) is 4.55. The predicted octanol–water partition coefficient (Wildman–Crippen LogP) is 2.82. The molecular weight excluding hydrogens is 372 g/mol. The van der Waals surface area contributed by atoms with Crippen molar-refractivity contribution in [2.24, 2.45) is 5.92 Å². The smallest absolute Gasteiger partial charge is 0.341 e. The number of nitrogens with zero attached hydrogens (tertiary/aromatic N) is 1. The quantitative estimate of drug-likeness (QED) is 0.620. The van der Waals surface area contributed by atoms with E-state index >= 15 is 0 Å². The number of carbonyl (C=O) groups is 3. The van der Waals surface area contributed by atoms with E-state index in [1.807, 2.05) is 0 Å². The number of nitrogens with one attached hydrogen (secondary N) is 1. The Bertz CT molecular complexity index is 915. The van der Waals surface area contributed by atoms with Gasteiger partial charge in [0.2, 0.25) is 11.8 Å². The molecule has 0 aromatic heterocycles. The van der Waals surface area contributed by atoms with Gasteiger partial charge in [-0.2, -0.15) is 0 Å². The van der Waals surface area contributed by atoms with E-state index in [2.05, 4.69) is 10.1 Å². The number of carbonyl (C=O) groups excluding carboxylic acids is 3. The van der Waals surface area contributed by atoms with Crippen molar-refractivity contribution >= 4 is 40.8 Å². The van der Waals surface area contributed by atoms with Crippen molar-refractivity contribution in [1.29, 1.82) is 0 Å². The number of phenols is 1. The Morgan fingerprint density at radius 2 is 2.00 bits per heavy atom. The Morgan fingerprint density at radius 3 is 2.70 bits per heavy atom. The molecule has 140 valence electrons. The third kappa shape index (κ3) is 3.88. The molecule has 0 saturated carbocycles. The van der Waals surface area contributed by atoms with Gasteiger partial charge in [0, 0.05) is 23.7 Å². The Hall–Kier alpha value is -3.06. The number of para-hydroxylation sites is 1. The van der Waals surface area contributed by atoms with Gasteiger partial charge in [0.25, 0.3) is 0 Å². The summed E-state index contributed by atoms with van der Waals surface area (Å²) < 4.78 is 4.59. The number of halogens is 1. The molecule has 8 heteroatoms. The zero-order valence-electron chi connectivity index (χ0n) is 14.4. The summed E-state index contributed by atoms with van der Waals surface area (Å²) in [6, 6.07) is 11.2. The second-order valence-electron chi connectivity index (χ2n) is 6.07. The fourth-order valence-electron chi connectivity index (χ4n) is 2.93. The van der Waals surface area contributed by atoms with Crippen LogP contribution in [0.1, 0.15) is 16.8 Å². The van der Waals surface area contributed by atoms with Gasteiger partial charge in [-0.1, -0.05) is 23.7 Å². The number of rotatable bonds is 4. The van der Waals surface area contributed by atoms with Gasteiger partial charge < -0.3 is 20.1 Å². The maximum atomic E-state index is 12.6. The van der Waals surface area contributed by atoms with Crippen LogP contribution in [0.3, 0.4) is 0 Å². The van der Waals surface area contributed by atoms with Crippen molar-refractivity contribution in [1.82, 2.24) is 0 Å².